The van der Waals surface area contributed by atoms with Crippen molar-refractivity contribution in [1.29, 1.82) is 0 Å². The largest absolute Gasteiger partial charge is 0.207 e. The van der Waals surface area contributed by atoms with Crippen molar-refractivity contribution >= 4 is 28.8 Å². The van der Waals surface area contributed by atoms with Crippen LogP contribution in [0.3, 0.4) is 0 Å². The summed E-state index contributed by atoms with van der Waals surface area (Å²) in [6, 6.07) is 5.20. The molecule has 77 valence electrons. The van der Waals surface area contributed by atoms with E-state index >= 15 is 0 Å². The number of allylic oxidation sites excluding steroid dienone is 4. The van der Waals surface area contributed by atoms with E-state index in [1.54, 1.807) is 18.2 Å². The summed E-state index contributed by atoms with van der Waals surface area (Å²) < 4.78 is 13.0. The van der Waals surface area contributed by atoms with Gasteiger partial charge in [-0.25, -0.2) is 4.39 Å². The fraction of sp³-hybridized carbons (Fsp3) is 0.0833. The lowest BCUT2D eigenvalue weighted by molar-refractivity contribution is 0.660. The molecule has 0 unspecified atom stereocenters. The minimum absolute atomic E-state index is 0.219. The molecule has 1 aromatic rings. The van der Waals surface area contributed by atoms with Gasteiger partial charge in [0.05, 0.1) is 0 Å². The number of benzene rings is 1. The Morgan fingerprint density at radius 2 is 1.73 bits per heavy atom. The Morgan fingerprint density at radius 1 is 1.07 bits per heavy atom. The van der Waals surface area contributed by atoms with Gasteiger partial charge in [-0.3, -0.25) is 0 Å². The molecule has 0 aromatic heterocycles. The molecule has 1 radical (unpaired) electrons. The quantitative estimate of drug-likeness (QED) is 0.661. The molecule has 2 rings (SSSR count). The first-order valence-corrected chi connectivity index (χ1v) is 5.28. The smallest absolute Gasteiger partial charge is 0.119 e. The van der Waals surface area contributed by atoms with Gasteiger partial charge in [-0.2, -0.15) is 0 Å². The average molecular weight is 242 g/mol. The molecule has 0 N–H and O–H groups in total. The lowest BCUT2D eigenvalue weighted by Gasteiger charge is -2.10. The maximum absolute atomic E-state index is 13.0. The normalized spacial score (nSPS) is 15.9. The molecule has 0 nitrogen and oxygen atoms in total. The third-order valence-corrected chi connectivity index (χ3v) is 2.58. The van der Waals surface area contributed by atoms with Gasteiger partial charge >= 0.3 is 0 Å². The van der Waals surface area contributed by atoms with Crippen LogP contribution < -0.4 is 0 Å². The van der Waals surface area contributed by atoms with E-state index in [9.17, 15) is 4.39 Å². The molecule has 1 aliphatic carbocycles. The predicted octanol–water partition coefficient (Wildman–Crippen LogP) is 4.84. The maximum atomic E-state index is 13.0. The number of hydrogen-bond acceptors (Lipinski definition) is 0. The van der Waals surface area contributed by atoms with E-state index in [-0.39, 0.29) is 5.83 Å². The zero-order valence-electron chi connectivity index (χ0n) is 7.81. The second-order valence-electron chi connectivity index (χ2n) is 3.29. The second-order valence-corrected chi connectivity index (χ2v) is 4.16. The predicted molar refractivity (Wildman–Crippen MR) is 62.5 cm³/mol. The SMILES string of the molecule is FC1=CC[CH]C(c2cc(Cl)cc(Cl)c2)=C1. The Labute approximate surface area is 98.0 Å². The molecular formula is C12H8Cl2F. The van der Waals surface area contributed by atoms with Gasteiger partial charge in [0.2, 0.25) is 0 Å². The van der Waals surface area contributed by atoms with Crippen LogP contribution in [0.4, 0.5) is 4.39 Å². The van der Waals surface area contributed by atoms with Crippen molar-refractivity contribution in [2.24, 2.45) is 0 Å². The van der Waals surface area contributed by atoms with Crippen molar-refractivity contribution in [3.8, 4) is 0 Å². The van der Waals surface area contributed by atoms with Gasteiger partial charge in [0.1, 0.15) is 5.83 Å². The van der Waals surface area contributed by atoms with Crippen LogP contribution in [-0.2, 0) is 0 Å². The Bertz CT molecular complexity index is 427. The fourth-order valence-electron chi connectivity index (χ4n) is 1.49. The van der Waals surface area contributed by atoms with Gasteiger partial charge in [0, 0.05) is 10.0 Å². The topological polar surface area (TPSA) is 0 Å². The summed E-state index contributed by atoms with van der Waals surface area (Å²) in [4.78, 5) is 0. The molecule has 0 amide bonds. The fourth-order valence-corrected chi connectivity index (χ4v) is 2.01. The van der Waals surface area contributed by atoms with Crippen molar-refractivity contribution < 1.29 is 4.39 Å². The Kier molecular flexibility index (Phi) is 3.13. The van der Waals surface area contributed by atoms with Crippen LogP contribution in [0.15, 0.2) is 36.2 Å². The Balaban J connectivity index is 2.41. The average Bonchev–Trinajstić information content (AvgIpc) is 2.16. The molecule has 0 saturated heterocycles. The number of halogens is 3. The van der Waals surface area contributed by atoms with Gasteiger partial charge in [-0.1, -0.05) is 23.2 Å². The van der Waals surface area contributed by atoms with Gasteiger partial charge in [0.25, 0.3) is 0 Å². The highest BCUT2D eigenvalue weighted by Crippen LogP contribution is 2.30. The van der Waals surface area contributed by atoms with E-state index in [0.717, 1.165) is 11.1 Å². The monoisotopic (exact) mass is 241 g/mol. The molecule has 0 fully saturated rings. The van der Waals surface area contributed by atoms with E-state index in [1.807, 2.05) is 6.42 Å². The van der Waals surface area contributed by atoms with E-state index in [2.05, 4.69) is 0 Å². The Morgan fingerprint density at radius 3 is 2.33 bits per heavy atom. The van der Waals surface area contributed by atoms with Crippen LogP contribution in [-0.4, -0.2) is 0 Å². The van der Waals surface area contributed by atoms with Gasteiger partial charge in [-0.15, -0.1) is 0 Å². The molecule has 0 atom stereocenters. The van der Waals surface area contributed by atoms with Crippen LogP contribution in [0, 0.1) is 6.42 Å². The van der Waals surface area contributed by atoms with Crippen molar-refractivity contribution in [1.82, 2.24) is 0 Å². The van der Waals surface area contributed by atoms with Crippen LogP contribution in [0.5, 0.6) is 0 Å². The van der Waals surface area contributed by atoms with E-state index < -0.39 is 0 Å². The van der Waals surface area contributed by atoms with Crippen molar-refractivity contribution in [3.05, 3.63) is 58.2 Å². The molecule has 1 aromatic carbocycles. The lowest BCUT2D eigenvalue weighted by atomic mass is 9.97. The molecule has 0 heterocycles. The molecule has 0 spiro atoms. The van der Waals surface area contributed by atoms with Gasteiger partial charge in [0.15, 0.2) is 0 Å². The number of rotatable bonds is 1. The number of hydrogen-bond donors (Lipinski definition) is 0. The van der Waals surface area contributed by atoms with Crippen LogP contribution in [0.1, 0.15) is 12.0 Å². The summed E-state index contributed by atoms with van der Waals surface area (Å²) >= 11 is 11.7. The molecular weight excluding hydrogens is 234 g/mol. The van der Waals surface area contributed by atoms with Crippen LogP contribution >= 0.6 is 23.2 Å². The molecule has 0 aliphatic heterocycles. The summed E-state index contributed by atoms with van der Waals surface area (Å²) in [5.41, 5.74) is 1.66. The molecule has 15 heavy (non-hydrogen) atoms. The third kappa shape index (κ3) is 2.61. The second kappa shape index (κ2) is 4.38. The summed E-state index contributed by atoms with van der Waals surface area (Å²) in [6.07, 6.45) is 5.54. The summed E-state index contributed by atoms with van der Waals surface area (Å²) in [5.74, 6) is -0.219. The lowest BCUT2D eigenvalue weighted by Crippen LogP contribution is -1.91. The third-order valence-electron chi connectivity index (χ3n) is 2.14. The summed E-state index contributed by atoms with van der Waals surface area (Å²) in [7, 11) is 0. The van der Waals surface area contributed by atoms with Crippen LogP contribution in [0.25, 0.3) is 5.57 Å². The molecule has 3 heteroatoms. The van der Waals surface area contributed by atoms with E-state index in [1.165, 1.54) is 12.2 Å². The van der Waals surface area contributed by atoms with E-state index in [0.29, 0.717) is 16.5 Å². The first-order valence-electron chi connectivity index (χ1n) is 4.52. The van der Waals surface area contributed by atoms with Crippen molar-refractivity contribution in [3.63, 3.8) is 0 Å². The molecule has 1 aliphatic rings. The highest BCUT2D eigenvalue weighted by atomic mass is 35.5. The zero-order chi connectivity index (χ0) is 10.8. The highest BCUT2D eigenvalue weighted by Gasteiger charge is 2.09. The minimum Gasteiger partial charge on any atom is -0.207 e. The van der Waals surface area contributed by atoms with Crippen LogP contribution in [0.2, 0.25) is 10.0 Å². The summed E-state index contributed by atoms with van der Waals surface area (Å²) in [6.45, 7) is 0. The van der Waals surface area contributed by atoms with Gasteiger partial charge in [-0.05, 0) is 54.3 Å². The standard InChI is InChI=1S/C12H8Cl2F/c13-10-4-9(5-11(14)7-10)8-2-1-3-12(15)6-8/h2-7H,1H2. The highest BCUT2D eigenvalue weighted by molar-refractivity contribution is 6.34. The Hall–Kier alpha value is -0.790. The first kappa shape index (κ1) is 10.7. The van der Waals surface area contributed by atoms with E-state index in [4.69, 9.17) is 23.2 Å². The molecule has 0 bridgehead atoms. The van der Waals surface area contributed by atoms with Crippen molar-refractivity contribution in [2.75, 3.05) is 0 Å². The maximum Gasteiger partial charge on any atom is 0.119 e. The van der Waals surface area contributed by atoms with Crippen molar-refractivity contribution in [2.45, 2.75) is 6.42 Å². The van der Waals surface area contributed by atoms with Gasteiger partial charge < -0.3 is 0 Å². The first-order chi connectivity index (χ1) is 7.15. The minimum atomic E-state index is -0.219. The summed E-state index contributed by atoms with van der Waals surface area (Å²) in [5, 5.41) is 1.11. The zero-order valence-corrected chi connectivity index (χ0v) is 9.32. The molecule has 0 saturated carbocycles.